The minimum Gasteiger partial charge on any atom is -0.462 e. The summed E-state index contributed by atoms with van der Waals surface area (Å²) in [5.74, 6) is -0.994. The largest absolute Gasteiger partial charge is 0.462 e. The van der Waals surface area contributed by atoms with E-state index in [1.54, 1.807) is 34.6 Å². The van der Waals surface area contributed by atoms with Crippen LogP contribution in [0.2, 0.25) is 0 Å². The Morgan fingerprint density at radius 2 is 1.69 bits per heavy atom. The summed E-state index contributed by atoms with van der Waals surface area (Å²) in [5.41, 5.74) is -4.51. The van der Waals surface area contributed by atoms with E-state index in [0.717, 1.165) is 6.07 Å². The van der Waals surface area contributed by atoms with E-state index < -0.39 is 46.2 Å². The van der Waals surface area contributed by atoms with Gasteiger partial charge in [0.05, 0.1) is 6.61 Å². The summed E-state index contributed by atoms with van der Waals surface area (Å²) in [4.78, 5) is 36.3. The van der Waals surface area contributed by atoms with Crippen molar-refractivity contribution >= 4 is 12.1 Å². The number of alkyl halides is 3. The third kappa shape index (κ3) is 7.43. The molecule has 1 amide bonds. The predicted molar refractivity (Wildman–Crippen MR) is 99.7 cm³/mol. The SMILES string of the molecule is CCOC(=O)c1ccc(C(F)(F)F)n(CCC(C)(C)NC(=O)OC(C)(C)C)c1=O. The normalized spacial score (nSPS) is 12.4. The summed E-state index contributed by atoms with van der Waals surface area (Å²) >= 11 is 0. The number of pyridine rings is 1. The molecule has 0 aromatic carbocycles. The molecule has 0 radical (unpaired) electrons. The molecule has 1 heterocycles. The summed E-state index contributed by atoms with van der Waals surface area (Å²) in [6.07, 6.45) is -5.55. The van der Waals surface area contributed by atoms with Crippen molar-refractivity contribution in [3.8, 4) is 0 Å². The average Bonchev–Trinajstić information content (AvgIpc) is 2.50. The molecule has 0 aliphatic rings. The van der Waals surface area contributed by atoms with Crippen LogP contribution in [0.25, 0.3) is 0 Å². The van der Waals surface area contributed by atoms with Gasteiger partial charge in [-0.3, -0.25) is 4.79 Å². The van der Waals surface area contributed by atoms with Crippen molar-refractivity contribution in [2.24, 2.45) is 0 Å². The van der Waals surface area contributed by atoms with E-state index in [1.807, 2.05) is 0 Å². The van der Waals surface area contributed by atoms with Crippen molar-refractivity contribution in [2.75, 3.05) is 6.61 Å². The maximum atomic E-state index is 13.4. The second kappa shape index (κ2) is 8.87. The molecule has 10 heteroatoms. The lowest BCUT2D eigenvalue weighted by atomic mass is 10.0. The number of carbonyl (C=O) groups is 2. The van der Waals surface area contributed by atoms with E-state index >= 15 is 0 Å². The maximum Gasteiger partial charge on any atom is 0.431 e. The van der Waals surface area contributed by atoms with Gasteiger partial charge < -0.3 is 19.4 Å². The molecule has 7 nitrogen and oxygen atoms in total. The molecule has 0 aliphatic heterocycles. The lowest BCUT2D eigenvalue weighted by molar-refractivity contribution is -0.144. The van der Waals surface area contributed by atoms with Gasteiger partial charge in [0.15, 0.2) is 0 Å². The second-order valence-electron chi connectivity index (χ2n) is 8.07. The standard InChI is InChI=1S/C19H27F3N2O5/c1-7-28-15(26)12-8-9-13(19(20,21)22)24(14(12)25)11-10-18(5,6)23-16(27)29-17(2,3)4/h8-9H,7,10-11H2,1-6H3,(H,23,27). The summed E-state index contributed by atoms with van der Waals surface area (Å²) in [6, 6.07) is 1.48. The van der Waals surface area contributed by atoms with Crippen LogP contribution in [0.15, 0.2) is 16.9 Å². The number of nitrogens with one attached hydrogen (secondary N) is 1. The summed E-state index contributed by atoms with van der Waals surface area (Å²) in [7, 11) is 0. The third-order valence-corrected chi connectivity index (χ3v) is 3.76. The first-order chi connectivity index (χ1) is 13.1. The fourth-order valence-electron chi connectivity index (χ4n) is 2.45. The Morgan fingerprint density at radius 1 is 1.10 bits per heavy atom. The Labute approximate surface area is 167 Å². The molecule has 0 aliphatic carbocycles. The highest BCUT2D eigenvalue weighted by Gasteiger charge is 2.36. The number of nitrogens with zero attached hydrogens (tertiary/aromatic N) is 1. The molecule has 0 unspecified atom stereocenters. The fourth-order valence-corrected chi connectivity index (χ4v) is 2.45. The second-order valence-corrected chi connectivity index (χ2v) is 8.07. The maximum absolute atomic E-state index is 13.4. The van der Waals surface area contributed by atoms with Crippen LogP contribution < -0.4 is 10.9 Å². The Kier molecular flexibility index (Phi) is 7.50. The monoisotopic (exact) mass is 420 g/mol. The van der Waals surface area contributed by atoms with E-state index in [9.17, 15) is 27.6 Å². The number of esters is 1. The zero-order valence-corrected chi connectivity index (χ0v) is 17.4. The van der Waals surface area contributed by atoms with Crippen molar-refractivity contribution in [3.63, 3.8) is 0 Å². The minimum atomic E-state index is -4.80. The van der Waals surface area contributed by atoms with E-state index in [0.29, 0.717) is 10.6 Å². The van der Waals surface area contributed by atoms with Crippen LogP contribution in [0.4, 0.5) is 18.0 Å². The van der Waals surface area contributed by atoms with E-state index in [1.165, 1.54) is 6.92 Å². The molecule has 1 rings (SSSR count). The number of halogens is 3. The zero-order valence-electron chi connectivity index (χ0n) is 17.4. The molecule has 0 bridgehead atoms. The van der Waals surface area contributed by atoms with Crippen LogP contribution in [0, 0.1) is 0 Å². The number of amides is 1. The first kappa shape index (κ1) is 24.5. The van der Waals surface area contributed by atoms with Crippen LogP contribution in [0.5, 0.6) is 0 Å². The average molecular weight is 420 g/mol. The first-order valence-electron chi connectivity index (χ1n) is 9.07. The van der Waals surface area contributed by atoms with Gasteiger partial charge in [-0.2, -0.15) is 13.2 Å². The van der Waals surface area contributed by atoms with Crippen LogP contribution in [0.3, 0.4) is 0 Å². The lowest BCUT2D eigenvalue weighted by Crippen LogP contribution is -2.47. The first-order valence-corrected chi connectivity index (χ1v) is 9.07. The molecule has 0 atom stereocenters. The number of alkyl carbamates (subject to hydrolysis) is 1. The number of aromatic nitrogens is 1. The molecule has 29 heavy (non-hydrogen) atoms. The van der Waals surface area contributed by atoms with Crippen molar-refractivity contribution in [1.29, 1.82) is 0 Å². The van der Waals surface area contributed by atoms with Gasteiger partial charge in [0.2, 0.25) is 0 Å². The van der Waals surface area contributed by atoms with Crippen molar-refractivity contribution in [2.45, 2.75) is 71.8 Å². The number of rotatable bonds is 6. The van der Waals surface area contributed by atoms with Crippen LogP contribution >= 0.6 is 0 Å². The van der Waals surface area contributed by atoms with E-state index in [2.05, 4.69) is 5.32 Å². The molecule has 0 saturated carbocycles. The van der Waals surface area contributed by atoms with E-state index in [-0.39, 0.29) is 19.6 Å². The van der Waals surface area contributed by atoms with Crippen LogP contribution in [0.1, 0.15) is 64.0 Å². The number of ether oxygens (including phenoxy) is 2. The highest BCUT2D eigenvalue weighted by atomic mass is 19.4. The number of carbonyl (C=O) groups excluding carboxylic acids is 2. The smallest absolute Gasteiger partial charge is 0.431 e. The van der Waals surface area contributed by atoms with Gasteiger partial charge in [-0.1, -0.05) is 0 Å². The van der Waals surface area contributed by atoms with Gasteiger partial charge in [0, 0.05) is 12.1 Å². The Morgan fingerprint density at radius 3 is 2.17 bits per heavy atom. The van der Waals surface area contributed by atoms with Crippen LogP contribution in [-0.4, -0.2) is 34.4 Å². The fraction of sp³-hybridized carbons (Fsp3) is 0.632. The molecule has 0 spiro atoms. The quantitative estimate of drug-likeness (QED) is 0.709. The minimum absolute atomic E-state index is 0.0217. The Bertz CT molecular complexity index is 808. The van der Waals surface area contributed by atoms with Gasteiger partial charge in [-0.25, -0.2) is 9.59 Å². The predicted octanol–water partition coefficient (Wildman–Crippen LogP) is 3.74. The van der Waals surface area contributed by atoms with Gasteiger partial charge in [-0.15, -0.1) is 0 Å². The molecule has 0 fully saturated rings. The summed E-state index contributed by atoms with van der Waals surface area (Å²) < 4.78 is 50.4. The third-order valence-electron chi connectivity index (χ3n) is 3.76. The Balaban J connectivity index is 3.15. The molecule has 1 N–H and O–H groups in total. The highest BCUT2D eigenvalue weighted by molar-refractivity contribution is 5.88. The van der Waals surface area contributed by atoms with Crippen LogP contribution in [-0.2, 0) is 22.2 Å². The molecular formula is C19H27F3N2O5. The number of hydrogen-bond acceptors (Lipinski definition) is 5. The topological polar surface area (TPSA) is 86.6 Å². The lowest BCUT2D eigenvalue weighted by Gasteiger charge is -2.29. The van der Waals surface area contributed by atoms with Crippen molar-refractivity contribution < 1.29 is 32.2 Å². The highest BCUT2D eigenvalue weighted by Crippen LogP contribution is 2.29. The summed E-state index contributed by atoms with van der Waals surface area (Å²) in [5, 5.41) is 2.57. The molecular weight excluding hydrogens is 393 g/mol. The van der Waals surface area contributed by atoms with Gasteiger partial charge >= 0.3 is 18.2 Å². The summed E-state index contributed by atoms with van der Waals surface area (Å²) in [6.45, 7) is 9.32. The van der Waals surface area contributed by atoms with Gasteiger partial charge in [-0.05, 0) is 60.1 Å². The van der Waals surface area contributed by atoms with E-state index in [4.69, 9.17) is 9.47 Å². The molecule has 1 aromatic rings. The number of hydrogen-bond donors (Lipinski definition) is 1. The van der Waals surface area contributed by atoms with Crippen molar-refractivity contribution in [1.82, 2.24) is 9.88 Å². The molecule has 164 valence electrons. The molecule has 1 aromatic heterocycles. The van der Waals surface area contributed by atoms with Gasteiger partial charge in [0.25, 0.3) is 5.56 Å². The van der Waals surface area contributed by atoms with Crippen molar-refractivity contribution in [3.05, 3.63) is 33.7 Å². The molecule has 0 saturated heterocycles. The van der Waals surface area contributed by atoms with Gasteiger partial charge in [0.1, 0.15) is 16.9 Å². The zero-order chi connectivity index (χ0) is 22.6. The Hall–Kier alpha value is -2.52.